The summed E-state index contributed by atoms with van der Waals surface area (Å²) >= 11 is 5.34. The van der Waals surface area contributed by atoms with Crippen LogP contribution in [-0.4, -0.2) is 45.4 Å². The van der Waals surface area contributed by atoms with Crippen LogP contribution < -0.4 is 5.32 Å². The molecule has 0 amide bonds. The van der Waals surface area contributed by atoms with Gasteiger partial charge in [-0.2, -0.15) is 0 Å². The predicted octanol–water partition coefficient (Wildman–Crippen LogP) is 2.35. The number of carbonyl (C=O) groups is 1. The van der Waals surface area contributed by atoms with Crippen LogP contribution >= 0.6 is 12.2 Å². The lowest BCUT2D eigenvalue weighted by atomic mass is 9.89. The third kappa shape index (κ3) is 2.83. The smallest absolute Gasteiger partial charge is 0.168 e. The number of pyridine rings is 1. The quantitative estimate of drug-likeness (QED) is 0.672. The zero-order valence-corrected chi connectivity index (χ0v) is 13.4. The van der Waals surface area contributed by atoms with E-state index in [-0.39, 0.29) is 11.7 Å². The normalized spacial score (nSPS) is 16.0. The number of aromatic amines is 1. The van der Waals surface area contributed by atoms with Crippen LogP contribution in [0.4, 0.5) is 0 Å². The second-order valence-electron chi connectivity index (χ2n) is 5.56. The van der Waals surface area contributed by atoms with Crippen LogP contribution in [0, 0.1) is 5.92 Å². The highest BCUT2D eigenvalue weighted by Crippen LogP contribution is 2.25. The summed E-state index contributed by atoms with van der Waals surface area (Å²) < 4.78 is 0. The summed E-state index contributed by atoms with van der Waals surface area (Å²) in [6.07, 6.45) is 5.21. The average Bonchev–Trinajstić information content (AvgIpc) is 2.98. The molecule has 1 aliphatic rings. The zero-order valence-electron chi connectivity index (χ0n) is 12.6. The van der Waals surface area contributed by atoms with E-state index in [1.54, 1.807) is 12.4 Å². The molecule has 0 saturated carbocycles. The minimum absolute atomic E-state index is 0.0693. The van der Waals surface area contributed by atoms with Gasteiger partial charge in [0.2, 0.25) is 0 Å². The first-order chi connectivity index (χ1) is 10.7. The lowest BCUT2D eigenvalue weighted by Crippen LogP contribution is -2.45. The molecule has 22 heavy (non-hydrogen) atoms. The number of thiocarbonyl (C=S) groups is 1. The molecule has 2 N–H and O–H groups in total. The number of ketones is 1. The van der Waals surface area contributed by atoms with Crippen LogP contribution in [0.5, 0.6) is 0 Å². The summed E-state index contributed by atoms with van der Waals surface area (Å²) in [5.74, 6) is 0.285. The number of carbonyl (C=O) groups excluding carboxylic acids is 1. The van der Waals surface area contributed by atoms with E-state index >= 15 is 0 Å². The zero-order chi connectivity index (χ0) is 15.5. The number of hydrogen-bond donors (Lipinski definition) is 2. The van der Waals surface area contributed by atoms with Gasteiger partial charge in [-0.05, 0) is 44.1 Å². The molecule has 5 nitrogen and oxygen atoms in total. The first kappa shape index (κ1) is 15.0. The van der Waals surface area contributed by atoms with Crippen LogP contribution in [0.1, 0.15) is 30.1 Å². The highest BCUT2D eigenvalue weighted by molar-refractivity contribution is 7.80. The summed E-state index contributed by atoms with van der Waals surface area (Å²) in [5.41, 5.74) is 1.53. The number of H-pyrrole nitrogens is 1. The molecule has 3 rings (SSSR count). The van der Waals surface area contributed by atoms with E-state index in [1.165, 1.54) is 0 Å². The minimum Gasteiger partial charge on any atom is -0.363 e. The van der Waals surface area contributed by atoms with E-state index in [0.29, 0.717) is 0 Å². The maximum Gasteiger partial charge on any atom is 0.168 e. The Balaban J connectivity index is 1.69. The van der Waals surface area contributed by atoms with Crippen LogP contribution in [0.25, 0.3) is 11.0 Å². The van der Waals surface area contributed by atoms with Crippen LogP contribution in [0.3, 0.4) is 0 Å². The van der Waals surface area contributed by atoms with E-state index in [1.807, 2.05) is 19.1 Å². The molecule has 116 valence electrons. The monoisotopic (exact) mass is 316 g/mol. The molecule has 0 bridgehead atoms. The number of piperidine rings is 1. The Hall–Kier alpha value is -1.95. The Morgan fingerprint density at radius 1 is 1.50 bits per heavy atom. The number of rotatable bonds is 3. The van der Waals surface area contributed by atoms with Gasteiger partial charge >= 0.3 is 0 Å². The van der Waals surface area contributed by atoms with Gasteiger partial charge in [0.15, 0.2) is 10.9 Å². The number of nitrogens with zero attached hydrogens (tertiary/aromatic N) is 2. The van der Waals surface area contributed by atoms with E-state index in [0.717, 1.165) is 54.2 Å². The molecule has 0 aromatic carbocycles. The third-order valence-electron chi connectivity index (χ3n) is 4.20. The summed E-state index contributed by atoms with van der Waals surface area (Å²) in [6, 6.07) is 3.81. The molecule has 3 heterocycles. The maximum atomic E-state index is 12.8. The second kappa shape index (κ2) is 6.44. The van der Waals surface area contributed by atoms with Crippen molar-refractivity contribution in [3.05, 3.63) is 30.1 Å². The predicted molar refractivity (Wildman–Crippen MR) is 91.0 cm³/mol. The van der Waals surface area contributed by atoms with Gasteiger partial charge in [0.1, 0.15) is 5.65 Å². The maximum absolute atomic E-state index is 12.8. The first-order valence-electron chi connectivity index (χ1n) is 7.69. The molecule has 2 aromatic heterocycles. The molecule has 0 radical (unpaired) electrons. The van der Waals surface area contributed by atoms with Crippen molar-refractivity contribution in [3.8, 4) is 0 Å². The van der Waals surface area contributed by atoms with E-state index in [9.17, 15) is 4.79 Å². The number of nitrogens with one attached hydrogen (secondary N) is 2. The molecular weight excluding hydrogens is 296 g/mol. The Morgan fingerprint density at radius 2 is 2.27 bits per heavy atom. The molecular formula is C16H20N4OS. The molecule has 0 atom stereocenters. The van der Waals surface area contributed by atoms with Crippen LogP contribution in [-0.2, 0) is 0 Å². The topological polar surface area (TPSA) is 61.0 Å². The van der Waals surface area contributed by atoms with Gasteiger partial charge in [-0.3, -0.25) is 4.79 Å². The Morgan fingerprint density at radius 3 is 3.00 bits per heavy atom. The Kier molecular flexibility index (Phi) is 4.38. The lowest BCUT2D eigenvalue weighted by molar-refractivity contribution is 0.0874. The fourth-order valence-electron chi connectivity index (χ4n) is 2.99. The summed E-state index contributed by atoms with van der Waals surface area (Å²) in [6.45, 7) is 4.54. The lowest BCUT2D eigenvalue weighted by Gasteiger charge is -2.33. The number of aromatic nitrogens is 2. The van der Waals surface area contributed by atoms with Crippen LogP contribution in [0.15, 0.2) is 24.5 Å². The first-order valence-corrected chi connectivity index (χ1v) is 8.10. The van der Waals surface area contributed by atoms with Crippen molar-refractivity contribution in [2.24, 2.45) is 5.92 Å². The molecule has 0 unspecified atom stereocenters. The SMILES string of the molecule is CCNC(=S)N1CCC(C(=O)c2c[nH]c3ncccc23)CC1. The standard InChI is InChI=1S/C16H20N4OS/c1-2-17-16(22)20-8-5-11(6-9-20)14(21)13-10-19-15-12(13)4-3-7-18-15/h3-4,7,10-11H,2,5-6,8-9H2,1H3,(H,17,22)(H,18,19). The summed E-state index contributed by atoms with van der Waals surface area (Å²) in [5, 5.41) is 4.88. The number of likely N-dealkylation sites (tertiary alicyclic amines) is 1. The van der Waals surface area contributed by atoms with Gasteiger partial charge in [0, 0.05) is 48.9 Å². The largest absolute Gasteiger partial charge is 0.363 e. The van der Waals surface area contributed by atoms with E-state index < -0.39 is 0 Å². The Labute approximate surface area is 135 Å². The van der Waals surface area contributed by atoms with Gasteiger partial charge in [0.05, 0.1) is 0 Å². The van der Waals surface area contributed by atoms with Crippen molar-refractivity contribution in [1.82, 2.24) is 20.2 Å². The van der Waals surface area contributed by atoms with Crippen molar-refractivity contribution in [2.45, 2.75) is 19.8 Å². The highest BCUT2D eigenvalue weighted by atomic mass is 32.1. The number of fused-ring (bicyclic) bond motifs is 1. The van der Waals surface area contributed by atoms with E-state index in [4.69, 9.17) is 12.2 Å². The number of hydrogen-bond acceptors (Lipinski definition) is 3. The summed E-state index contributed by atoms with van der Waals surface area (Å²) in [7, 11) is 0. The van der Waals surface area contributed by atoms with Gasteiger partial charge in [-0.1, -0.05) is 0 Å². The van der Waals surface area contributed by atoms with Crippen molar-refractivity contribution >= 4 is 34.1 Å². The third-order valence-corrected chi connectivity index (χ3v) is 4.60. The fourth-order valence-corrected chi connectivity index (χ4v) is 3.31. The van der Waals surface area contributed by atoms with Gasteiger partial charge in [-0.25, -0.2) is 4.98 Å². The van der Waals surface area contributed by atoms with Crippen LogP contribution in [0.2, 0.25) is 0 Å². The molecule has 0 aliphatic carbocycles. The molecule has 6 heteroatoms. The molecule has 1 saturated heterocycles. The average molecular weight is 316 g/mol. The minimum atomic E-state index is 0.0693. The summed E-state index contributed by atoms with van der Waals surface area (Å²) in [4.78, 5) is 22.2. The number of Topliss-reactive ketones (excluding diaryl/α,β-unsaturated/α-hetero) is 1. The second-order valence-corrected chi connectivity index (χ2v) is 5.95. The van der Waals surface area contributed by atoms with Gasteiger partial charge < -0.3 is 15.2 Å². The Bertz CT molecular complexity index is 688. The fraction of sp³-hybridized carbons (Fsp3) is 0.438. The van der Waals surface area contributed by atoms with Gasteiger partial charge in [0.25, 0.3) is 0 Å². The van der Waals surface area contributed by atoms with E-state index in [2.05, 4.69) is 20.2 Å². The molecule has 2 aromatic rings. The van der Waals surface area contributed by atoms with Crippen molar-refractivity contribution in [1.29, 1.82) is 0 Å². The molecule has 0 spiro atoms. The van der Waals surface area contributed by atoms with Crippen molar-refractivity contribution in [2.75, 3.05) is 19.6 Å². The van der Waals surface area contributed by atoms with Crippen molar-refractivity contribution < 1.29 is 4.79 Å². The van der Waals surface area contributed by atoms with Crippen molar-refractivity contribution in [3.63, 3.8) is 0 Å². The van der Waals surface area contributed by atoms with Gasteiger partial charge in [-0.15, -0.1) is 0 Å². The molecule has 1 aliphatic heterocycles. The molecule has 1 fully saturated rings. The highest BCUT2D eigenvalue weighted by Gasteiger charge is 2.28.